The molecule has 172 valence electrons. The minimum Gasteiger partial charge on any atom is -0.493 e. The van der Waals surface area contributed by atoms with Gasteiger partial charge in [-0.25, -0.2) is 4.79 Å². The number of hydrogen-bond acceptors (Lipinski definition) is 7. The van der Waals surface area contributed by atoms with E-state index in [1.807, 2.05) is 39.0 Å². The maximum atomic E-state index is 12.1. The lowest BCUT2D eigenvalue weighted by Gasteiger charge is -2.27. The normalized spacial score (nSPS) is 12.7. The lowest BCUT2D eigenvalue weighted by atomic mass is 9.99. The van der Waals surface area contributed by atoms with Gasteiger partial charge >= 0.3 is 11.9 Å². The van der Waals surface area contributed by atoms with Crippen LogP contribution >= 0.6 is 0 Å². The number of carbonyl (C=O) groups excluding carboxylic acids is 2. The molecule has 2 aromatic carbocycles. The molecule has 0 aromatic heterocycles. The molecule has 0 bridgehead atoms. The molecule has 1 heterocycles. The fraction of sp³-hybridized carbons (Fsp3) is 0.440. The van der Waals surface area contributed by atoms with Gasteiger partial charge in [-0.1, -0.05) is 19.4 Å². The number of rotatable bonds is 10. The Labute approximate surface area is 188 Å². The molecular weight excluding hydrogens is 412 g/mol. The molecular formula is C25H30O7. The third kappa shape index (κ3) is 5.15. The van der Waals surface area contributed by atoms with Crippen molar-refractivity contribution in [2.24, 2.45) is 0 Å². The summed E-state index contributed by atoms with van der Waals surface area (Å²) in [6.45, 7) is 6.00. The minimum absolute atomic E-state index is 0.119. The number of unbranched alkanes of at least 4 members (excludes halogenated alkanes) is 1. The van der Waals surface area contributed by atoms with Gasteiger partial charge in [0.05, 0.1) is 19.8 Å². The van der Waals surface area contributed by atoms with Crippen molar-refractivity contribution in [3.8, 4) is 28.4 Å². The number of esters is 2. The predicted molar refractivity (Wildman–Crippen MR) is 119 cm³/mol. The zero-order valence-corrected chi connectivity index (χ0v) is 19.3. The van der Waals surface area contributed by atoms with Crippen LogP contribution < -0.4 is 14.2 Å². The van der Waals surface area contributed by atoms with Crippen LogP contribution in [-0.2, 0) is 20.9 Å². The molecule has 32 heavy (non-hydrogen) atoms. The summed E-state index contributed by atoms with van der Waals surface area (Å²) in [7, 11) is 3.10. The molecule has 0 saturated carbocycles. The largest absolute Gasteiger partial charge is 0.493 e. The van der Waals surface area contributed by atoms with Gasteiger partial charge in [0.1, 0.15) is 18.8 Å². The number of fused-ring (bicyclic) bond motifs is 1. The number of carbonyl (C=O) groups is 2. The maximum Gasteiger partial charge on any atom is 0.338 e. The van der Waals surface area contributed by atoms with Gasteiger partial charge in [0.15, 0.2) is 11.5 Å². The van der Waals surface area contributed by atoms with Crippen LogP contribution in [0.5, 0.6) is 17.2 Å². The van der Waals surface area contributed by atoms with Crippen LogP contribution in [0, 0.1) is 0 Å². The van der Waals surface area contributed by atoms with Crippen LogP contribution in [0.2, 0.25) is 0 Å². The van der Waals surface area contributed by atoms with E-state index in [4.69, 9.17) is 23.7 Å². The van der Waals surface area contributed by atoms with Crippen LogP contribution in [0.1, 0.15) is 56.0 Å². The number of hydrogen-bond donors (Lipinski definition) is 0. The Balaban J connectivity index is 1.92. The number of cyclic esters (lactones) is 1. The van der Waals surface area contributed by atoms with Gasteiger partial charge in [-0.2, -0.15) is 0 Å². The summed E-state index contributed by atoms with van der Waals surface area (Å²) in [5, 5.41) is 0. The summed E-state index contributed by atoms with van der Waals surface area (Å²) in [6.07, 6.45) is 2.09. The molecule has 0 atom stereocenters. The van der Waals surface area contributed by atoms with E-state index in [1.165, 1.54) is 0 Å². The second-order valence-electron chi connectivity index (χ2n) is 8.25. The highest BCUT2D eigenvalue weighted by Gasteiger charge is 2.27. The monoisotopic (exact) mass is 442 g/mol. The number of benzene rings is 2. The van der Waals surface area contributed by atoms with Crippen molar-refractivity contribution in [3.05, 3.63) is 41.5 Å². The van der Waals surface area contributed by atoms with Gasteiger partial charge in [-0.3, -0.25) is 4.79 Å². The second-order valence-corrected chi connectivity index (χ2v) is 8.25. The number of methoxy groups -OCH3 is 2. The third-order valence-corrected chi connectivity index (χ3v) is 5.18. The van der Waals surface area contributed by atoms with Gasteiger partial charge < -0.3 is 23.7 Å². The SMILES string of the molecule is CCCCC(=O)OC(C)(C)COc1c(-c2ccc3c(c2)COC3=O)ccc(OC)c1OC. The van der Waals surface area contributed by atoms with E-state index in [0.717, 1.165) is 29.5 Å². The highest BCUT2D eigenvalue weighted by Crippen LogP contribution is 2.45. The van der Waals surface area contributed by atoms with Gasteiger partial charge in [0.2, 0.25) is 5.75 Å². The average Bonchev–Trinajstić information content (AvgIpc) is 3.15. The van der Waals surface area contributed by atoms with Crippen molar-refractivity contribution in [2.45, 2.75) is 52.2 Å². The van der Waals surface area contributed by atoms with E-state index in [9.17, 15) is 9.59 Å². The molecule has 1 aliphatic rings. The van der Waals surface area contributed by atoms with Gasteiger partial charge in [-0.05, 0) is 50.1 Å². The van der Waals surface area contributed by atoms with Crippen LogP contribution in [0.3, 0.4) is 0 Å². The fourth-order valence-corrected chi connectivity index (χ4v) is 3.53. The quantitative estimate of drug-likeness (QED) is 0.483. The van der Waals surface area contributed by atoms with E-state index in [-0.39, 0.29) is 25.2 Å². The van der Waals surface area contributed by atoms with Crippen LogP contribution in [-0.4, -0.2) is 38.4 Å². The number of ether oxygens (including phenoxy) is 5. The summed E-state index contributed by atoms with van der Waals surface area (Å²) in [4.78, 5) is 23.9. The van der Waals surface area contributed by atoms with Crippen molar-refractivity contribution >= 4 is 11.9 Å². The van der Waals surface area contributed by atoms with Crippen molar-refractivity contribution in [1.29, 1.82) is 0 Å². The molecule has 0 amide bonds. The van der Waals surface area contributed by atoms with Gasteiger partial charge in [0.25, 0.3) is 0 Å². The second kappa shape index (κ2) is 9.94. The first kappa shape index (κ1) is 23.4. The van der Waals surface area contributed by atoms with Crippen molar-refractivity contribution in [1.82, 2.24) is 0 Å². The predicted octanol–water partition coefficient (Wildman–Crippen LogP) is 4.93. The molecule has 0 saturated heterocycles. The molecule has 0 aliphatic carbocycles. The summed E-state index contributed by atoms with van der Waals surface area (Å²) in [5.41, 5.74) is 2.15. The fourth-order valence-electron chi connectivity index (χ4n) is 3.53. The molecule has 7 heteroatoms. The molecule has 2 aromatic rings. The zero-order chi connectivity index (χ0) is 23.3. The lowest BCUT2D eigenvalue weighted by Crippen LogP contribution is -2.35. The Bertz CT molecular complexity index is 994. The molecule has 0 radical (unpaired) electrons. The molecule has 1 aliphatic heterocycles. The lowest BCUT2D eigenvalue weighted by molar-refractivity contribution is -0.159. The Morgan fingerprint density at radius 3 is 2.50 bits per heavy atom. The maximum absolute atomic E-state index is 12.1. The van der Waals surface area contributed by atoms with E-state index in [2.05, 4.69) is 0 Å². The molecule has 0 spiro atoms. The zero-order valence-electron chi connectivity index (χ0n) is 19.3. The molecule has 7 nitrogen and oxygen atoms in total. The summed E-state index contributed by atoms with van der Waals surface area (Å²) in [5.74, 6) is 0.855. The van der Waals surface area contributed by atoms with Crippen molar-refractivity contribution < 1.29 is 33.3 Å². The molecule has 0 unspecified atom stereocenters. The smallest absolute Gasteiger partial charge is 0.338 e. The van der Waals surface area contributed by atoms with Crippen LogP contribution in [0.25, 0.3) is 11.1 Å². The van der Waals surface area contributed by atoms with Crippen molar-refractivity contribution in [2.75, 3.05) is 20.8 Å². The average molecular weight is 443 g/mol. The first-order chi connectivity index (χ1) is 15.3. The van der Waals surface area contributed by atoms with E-state index in [0.29, 0.717) is 29.2 Å². The van der Waals surface area contributed by atoms with Gasteiger partial charge in [0, 0.05) is 17.5 Å². The van der Waals surface area contributed by atoms with E-state index >= 15 is 0 Å². The molecule has 0 N–H and O–H groups in total. The highest BCUT2D eigenvalue weighted by atomic mass is 16.6. The van der Waals surface area contributed by atoms with E-state index in [1.54, 1.807) is 26.4 Å². The van der Waals surface area contributed by atoms with Gasteiger partial charge in [-0.15, -0.1) is 0 Å². The van der Waals surface area contributed by atoms with Crippen molar-refractivity contribution in [3.63, 3.8) is 0 Å². The molecule has 0 fully saturated rings. The summed E-state index contributed by atoms with van der Waals surface area (Å²) >= 11 is 0. The first-order valence-electron chi connectivity index (χ1n) is 10.7. The molecule has 3 rings (SSSR count). The van der Waals surface area contributed by atoms with E-state index < -0.39 is 5.60 Å². The van der Waals surface area contributed by atoms with Crippen LogP contribution in [0.4, 0.5) is 0 Å². The third-order valence-electron chi connectivity index (χ3n) is 5.18. The Hall–Kier alpha value is -3.22. The summed E-state index contributed by atoms with van der Waals surface area (Å²) < 4.78 is 28.0. The summed E-state index contributed by atoms with van der Waals surface area (Å²) in [6, 6.07) is 9.17. The Morgan fingerprint density at radius 2 is 1.81 bits per heavy atom. The van der Waals surface area contributed by atoms with Crippen LogP contribution in [0.15, 0.2) is 30.3 Å². The Kier molecular flexibility index (Phi) is 7.28. The standard InChI is InChI=1S/C25H30O7/c1-6-7-8-21(26)32-25(2,3)15-31-22-18(11-12-20(28-4)23(22)29-5)16-9-10-19-17(13-16)14-30-24(19)27/h9-13H,6-8,14-15H2,1-5H3. The highest BCUT2D eigenvalue weighted by molar-refractivity contribution is 5.94. The topological polar surface area (TPSA) is 80.3 Å². The minimum atomic E-state index is -0.839. The first-order valence-corrected chi connectivity index (χ1v) is 10.7. The Morgan fingerprint density at radius 1 is 1.06 bits per heavy atom.